The molecular formula is C16H16ClNO2. The average Bonchev–Trinajstić information content (AvgIpc) is 3.03. The molecule has 0 fully saturated rings. The van der Waals surface area contributed by atoms with E-state index in [1.807, 2.05) is 36.4 Å². The lowest BCUT2D eigenvalue weighted by molar-refractivity contribution is 0.463. The predicted molar refractivity (Wildman–Crippen MR) is 80.9 cm³/mol. The first-order valence-corrected chi connectivity index (χ1v) is 7.02. The number of furan rings is 2. The van der Waals surface area contributed by atoms with E-state index >= 15 is 0 Å². The Bertz CT molecular complexity index is 727. The van der Waals surface area contributed by atoms with Gasteiger partial charge in [-0.2, -0.15) is 0 Å². The van der Waals surface area contributed by atoms with Gasteiger partial charge in [0.25, 0.3) is 0 Å². The summed E-state index contributed by atoms with van der Waals surface area (Å²) in [5, 5.41) is 4.91. The molecule has 4 heteroatoms. The molecule has 0 aliphatic rings. The van der Waals surface area contributed by atoms with Crippen LogP contribution in [0.25, 0.3) is 22.5 Å². The van der Waals surface area contributed by atoms with Crippen LogP contribution in [0.5, 0.6) is 0 Å². The fourth-order valence-corrected chi connectivity index (χ4v) is 2.28. The topological polar surface area (TPSA) is 38.3 Å². The van der Waals surface area contributed by atoms with E-state index in [-0.39, 0.29) is 0 Å². The van der Waals surface area contributed by atoms with Gasteiger partial charge in [0, 0.05) is 11.4 Å². The maximum atomic E-state index is 6.11. The van der Waals surface area contributed by atoms with Crippen molar-refractivity contribution in [3.63, 3.8) is 0 Å². The Labute approximate surface area is 122 Å². The normalized spacial score (nSPS) is 11.6. The Morgan fingerprint density at radius 2 is 1.95 bits per heavy atom. The van der Waals surface area contributed by atoms with E-state index in [1.54, 1.807) is 0 Å². The number of benzene rings is 1. The third-order valence-corrected chi connectivity index (χ3v) is 3.38. The van der Waals surface area contributed by atoms with Gasteiger partial charge in [-0.05, 0) is 24.3 Å². The zero-order valence-electron chi connectivity index (χ0n) is 11.4. The standard InChI is InChI=1S/C16H16ClNO2/c1-10(2)18-9-12-6-7-14(19-12)15-8-11-4-3-5-13(17)16(11)20-15/h3-8,10,18H,9H2,1-2H3. The van der Waals surface area contributed by atoms with Crippen LogP contribution in [0, 0.1) is 0 Å². The molecule has 0 spiro atoms. The second-order valence-electron chi connectivity index (χ2n) is 5.07. The molecule has 3 aromatic rings. The Hall–Kier alpha value is -1.71. The van der Waals surface area contributed by atoms with Crippen LogP contribution in [0.3, 0.4) is 0 Å². The fraction of sp³-hybridized carbons (Fsp3) is 0.250. The second kappa shape index (κ2) is 5.35. The molecule has 0 atom stereocenters. The lowest BCUT2D eigenvalue weighted by atomic mass is 10.2. The van der Waals surface area contributed by atoms with Gasteiger partial charge in [-0.15, -0.1) is 0 Å². The minimum atomic E-state index is 0.425. The molecule has 1 aromatic carbocycles. The van der Waals surface area contributed by atoms with Gasteiger partial charge in [-0.1, -0.05) is 37.6 Å². The molecule has 0 amide bonds. The first-order valence-electron chi connectivity index (χ1n) is 6.64. The molecule has 3 rings (SSSR count). The summed E-state index contributed by atoms with van der Waals surface area (Å²) in [6.07, 6.45) is 0. The number of hydrogen-bond donors (Lipinski definition) is 1. The molecule has 104 valence electrons. The van der Waals surface area contributed by atoms with Gasteiger partial charge in [-0.25, -0.2) is 0 Å². The van der Waals surface area contributed by atoms with Crippen LogP contribution in [0.4, 0.5) is 0 Å². The van der Waals surface area contributed by atoms with Crippen LogP contribution in [-0.4, -0.2) is 6.04 Å². The van der Waals surface area contributed by atoms with Crippen molar-refractivity contribution < 1.29 is 8.83 Å². The van der Waals surface area contributed by atoms with E-state index in [9.17, 15) is 0 Å². The van der Waals surface area contributed by atoms with Crippen molar-refractivity contribution in [2.24, 2.45) is 0 Å². The summed E-state index contributed by atoms with van der Waals surface area (Å²) < 4.78 is 11.6. The number of para-hydroxylation sites is 1. The Kier molecular flexibility index (Phi) is 3.55. The first-order chi connectivity index (χ1) is 9.63. The zero-order chi connectivity index (χ0) is 14.1. The van der Waals surface area contributed by atoms with E-state index in [0.717, 1.165) is 16.9 Å². The van der Waals surface area contributed by atoms with Gasteiger partial charge < -0.3 is 14.2 Å². The number of nitrogens with one attached hydrogen (secondary N) is 1. The van der Waals surface area contributed by atoms with Crippen LogP contribution in [-0.2, 0) is 6.54 Å². The molecule has 2 heterocycles. The molecule has 0 saturated heterocycles. The van der Waals surface area contributed by atoms with Gasteiger partial charge in [0.1, 0.15) is 5.76 Å². The van der Waals surface area contributed by atoms with Crippen molar-refractivity contribution in [1.29, 1.82) is 0 Å². The lowest BCUT2D eigenvalue weighted by Crippen LogP contribution is -2.21. The molecule has 0 bridgehead atoms. The molecule has 0 aliphatic heterocycles. The van der Waals surface area contributed by atoms with Crippen molar-refractivity contribution in [2.45, 2.75) is 26.4 Å². The van der Waals surface area contributed by atoms with Crippen LogP contribution in [0.2, 0.25) is 5.02 Å². The fourth-order valence-electron chi connectivity index (χ4n) is 2.06. The summed E-state index contributed by atoms with van der Waals surface area (Å²) in [4.78, 5) is 0. The summed E-state index contributed by atoms with van der Waals surface area (Å²) in [7, 11) is 0. The average molecular weight is 290 g/mol. The highest BCUT2D eigenvalue weighted by Crippen LogP contribution is 2.32. The van der Waals surface area contributed by atoms with Gasteiger partial charge >= 0.3 is 0 Å². The smallest absolute Gasteiger partial charge is 0.170 e. The minimum Gasteiger partial charge on any atom is -0.456 e. The van der Waals surface area contributed by atoms with E-state index in [4.69, 9.17) is 20.4 Å². The van der Waals surface area contributed by atoms with Crippen molar-refractivity contribution >= 4 is 22.6 Å². The van der Waals surface area contributed by atoms with E-state index in [0.29, 0.717) is 29.0 Å². The SMILES string of the molecule is CC(C)NCc1ccc(-c2cc3cccc(Cl)c3o2)o1. The summed E-state index contributed by atoms with van der Waals surface area (Å²) in [6.45, 7) is 4.91. The van der Waals surface area contributed by atoms with Crippen LogP contribution in [0.15, 0.2) is 45.2 Å². The number of hydrogen-bond acceptors (Lipinski definition) is 3. The molecule has 3 nitrogen and oxygen atoms in total. The molecular weight excluding hydrogens is 274 g/mol. The zero-order valence-corrected chi connectivity index (χ0v) is 12.2. The largest absolute Gasteiger partial charge is 0.456 e. The molecule has 0 unspecified atom stereocenters. The quantitative estimate of drug-likeness (QED) is 0.746. The molecule has 0 saturated carbocycles. The van der Waals surface area contributed by atoms with Gasteiger partial charge in [-0.3, -0.25) is 0 Å². The Morgan fingerprint density at radius 1 is 1.10 bits per heavy atom. The maximum Gasteiger partial charge on any atom is 0.170 e. The summed E-state index contributed by atoms with van der Waals surface area (Å²) >= 11 is 6.11. The van der Waals surface area contributed by atoms with E-state index in [2.05, 4.69) is 19.2 Å². The lowest BCUT2D eigenvalue weighted by Gasteiger charge is -2.04. The molecule has 1 N–H and O–H groups in total. The predicted octanol–water partition coefficient (Wildman–Crippen LogP) is 4.84. The highest BCUT2D eigenvalue weighted by molar-refractivity contribution is 6.34. The number of rotatable bonds is 4. The first kappa shape index (κ1) is 13.3. The number of fused-ring (bicyclic) bond motifs is 1. The third-order valence-electron chi connectivity index (χ3n) is 3.09. The van der Waals surface area contributed by atoms with Crippen molar-refractivity contribution in [1.82, 2.24) is 5.32 Å². The molecule has 20 heavy (non-hydrogen) atoms. The van der Waals surface area contributed by atoms with Crippen molar-refractivity contribution in [2.75, 3.05) is 0 Å². The number of halogens is 1. The van der Waals surface area contributed by atoms with Crippen LogP contribution < -0.4 is 5.32 Å². The second-order valence-corrected chi connectivity index (χ2v) is 5.48. The Balaban J connectivity index is 1.89. The highest BCUT2D eigenvalue weighted by atomic mass is 35.5. The minimum absolute atomic E-state index is 0.425. The van der Waals surface area contributed by atoms with E-state index in [1.165, 1.54) is 0 Å². The summed E-state index contributed by atoms with van der Waals surface area (Å²) in [6, 6.07) is 11.9. The van der Waals surface area contributed by atoms with E-state index < -0.39 is 0 Å². The van der Waals surface area contributed by atoms with Crippen LogP contribution in [0.1, 0.15) is 19.6 Å². The maximum absolute atomic E-state index is 6.11. The van der Waals surface area contributed by atoms with Crippen LogP contribution >= 0.6 is 11.6 Å². The van der Waals surface area contributed by atoms with Crippen molar-refractivity contribution in [3.05, 3.63) is 47.2 Å². The third kappa shape index (κ3) is 2.60. The van der Waals surface area contributed by atoms with Gasteiger partial charge in [0.2, 0.25) is 0 Å². The summed E-state index contributed by atoms with van der Waals surface area (Å²) in [5.74, 6) is 2.31. The highest BCUT2D eigenvalue weighted by Gasteiger charge is 2.12. The monoisotopic (exact) mass is 289 g/mol. The molecule has 0 radical (unpaired) electrons. The van der Waals surface area contributed by atoms with Gasteiger partial charge in [0.15, 0.2) is 17.1 Å². The van der Waals surface area contributed by atoms with Gasteiger partial charge in [0.05, 0.1) is 11.6 Å². The summed E-state index contributed by atoms with van der Waals surface area (Å²) in [5.41, 5.74) is 0.697. The van der Waals surface area contributed by atoms with Crippen molar-refractivity contribution in [3.8, 4) is 11.5 Å². The molecule has 2 aromatic heterocycles. The molecule has 0 aliphatic carbocycles. The Morgan fingerprint density at radius 3 is 2.70 bits per heavy atom.